The molecule has 0 spiro atoms. The number of pyridine rings is 2. The summed E-state index contributed by atoms with van der Waals surface area (Å²) in [4.78, 5) is 29.7. The quantitative estimate of drug-likeness (QED) is 0.750. The molecule has 1 aromatic carbocycles. The van der Waals surface area contributed by atoms with Gasteiger partial charge in [-0.1, -0.05) is 6.07 Å². The number of carbonyl (C=O) groups is 1. The summed E-state index contributed by atoms with van der Waals surface area (Å²) in [5.74, 6) is -0.848. The summed E-state index contributed by atoms with van der Waals surface area (Å²) in [6.07, 6.45) is 1.66. The first-order chi connectivity index (χ1) is 12.9. The molecule has 0 radical (unpaired) electrons. The number of anilines is 1. The molecule has 140 valence electrons. The largest absolute Gasteiger partial charge is 0.383 e. The van der Waals surface area contributed by atoms with Crippen molar-refractivity contribution in [1.29, 1.82) is 0 Å². The molecule has 27 heavy (non-hydrogen) atoms. The van der Waals surface area contributed by atoms with E-state index < -0.39 is 11.7 Å². The highest BCUT2D eigenvalue weighted by Gasteiger charge is 2.15. The van der Waals surface area contributed by atoms with E-state index in [2.05, 4.69) is 10.3 Å². The minimum absolute atomic E-state index is 0.243. The number of hydrogen-bond donors (Lipinski definition) is 1. The second kappa shape index (κ2) is 7.67. The number of rotatable bonds is 5. The Hall–Kier alpha value is -3.06. The second-order valence-corrected chi connectivity index (χ2v) is 6.28. The first kappa shape index (κ1) is 18.7. The number of amides is 1. The minimum Gasteiger partial charge on any atom is -0.383 e. The van der Waals surface area contributed by atoms with Gasteiger partial charge >= 0.3 is 0 Å². The van der Waals surface area contributed by atoms with Crippen molar-refractivity contribution in [2.75, 3.05) is 19.0 Å². The van der Waals surface area contributed by atoms with Crippen LogP contribution >= 0.6 is 0 Å². The van der Waals surface area contributed by atoms with Crippen LogP contribution in [0.15, 0.2) is 41.3 Å². The van der Waals surface area contributed by atoms with Crippen LogP contribution in [0.1, 0.15) is 21.6 Å². The summed E-state index contributed by atoms with van der Waals surface area (Å²) in [5.41, 5.74) is 1.87. The fourth-order valence-electron chi connectivity index (χ4n) is 2.77. The molecule has 0 saturated heterocycles. The van der Waals surface area contributed by atoms with Crippen LogP contribution in [0, 0.1) is 19.7 Å². The van der Waals surface area contributed by atoms with Crippen LogP contribution in [-0.2, 0) is 11.3 Å². The zero-order valence-electron chi connectivity index (χ0n) is 15.4. The van der Waals surface area contributed by atoms with E-state index in [0.717, 1.165) is 0 Å². The van der Waals surface area contributed by atoms with Gasteiger partial charge in [0, 0.05) is 25.5 Å². The molecule has 0 unspecified atom stereocenters. The van der Waals surface area contributed by atoms with Crippen molar-refractivity contribution < 1.29 is 13.9 Å². The van der Waals surface area contributed by atoms with Crippen LogP contribution < -0.4 is 10.9 Å². The third-order valence-corrected chi connectivity index (χ3v) is 4.36. The molecule has 6 nitrogen and oxygen atoms in total. The van der Waals surface area contributed by atoms with Crippen molar-refractivity contribution in [2.24, 2.45) is 0 Å². The summed E-state index contributed by atoms with van der Waals surface area (Å²) in [7, 11) is 1.56. The Kier molecular flexibility index (Phi) is 5.32. The number of halogens is 1. The van der Waals surface area contributed by atoms with Crippen LogP contribution in [0.3, 0.4) is 0 Å². The van der Waals surface area contributed by atoms with Gasteiger partial charge in [0.1, 0.15) is 5.82 Å². The van der Waals surface area contributed by atoms with Crippen molar-refractivity contribution >= 4 is 22.5 Å². The van der Waals surface area contributed by atoms with Gasteiger partial charge in [-0.2, -0.15) is 0 Å². The van der Waals surface area contributed by atoms with Crippen LogP contribution in [0.25, 0.3) is 10.9 Å². The van der Waals surface area contributed by atoms with Gasteiger partial charge < -0.3 is 14.6 Å². The van der Waals surface area contributed by atoms with Crippen LogP contribution in [0.2, 0.25) is 0 Å². The lowest BCUT2D eigenvalue weighted by molar-refractivity contribution is 0.102. The van der Waals surface area contributed by atoms with E-state index in [4.69, 9.17) is 4.74 Å². The lowest BCUT2D eigenvalue weighted by Crippen LogP contribution is -2.23. The number of ether oxygens (including phenoxy) is 1. The summed E-state index contributed by atoms with van der Waals surface area (Å²) in [6, 6.07) is 7.73. The van der Waals surface area contributed by atoms with Gasteiger partial charge in [-0.05, 0) is 43.7 Å². The van der Waals surface area contributed by atoms with Crippen LogP contribution in [0.4, 0.5) is 10.1 Å². The Balaban J connectivity index is 1.98. The predicted molar refractivity (Wildman–Crippen MR) is 102 cm³/mol. The fourth-order valence-corrected chi connectivity index (χ4v) is 2.77. The molecule has 2 heterocycles. The molecular weight excluding hydrogens is 349 g/mol. The summed E-state index contributed by atoms with van der Waals surface area (Å²) in [5, 5.41) is 3.00. The number of fused-ring (bicyclic) bond motifs is 1. The van der Waals surface area contributed by atoms with Crippen LogP contribution in [0.5, 0.6) is 0 Å². The molecule has 0 saturated carbocycles. The van der Waals surface area contributed by atoms with Crippen LogP contribution in [-0.4, -0.2) is 29.2 Å². The van der Waals surface area contributed by atoms with Crippen molar-refractivity contribution in [3.05, 3.63) is 69.5 Å². The maximum atomic E-state index is 13.7. The van der Waals surface area contributed by atoms with E-state index in [9.17, 15) is 14.0 Å². The Labute approximate surface area is 155 Å². The molecule has 0 bridgehead atoms. The Morgan fingerprint density at radius 1 is 1.26 bits per heavy atom. The molecule has 0 fully saturated rings. The molecule has 1 N–H and O–H groups in total. The smallest absolute Gasteiger partial charge is 0.260 e. The van der Waals surface area contributed by atoms with E-state index >= 15 is 0 Å². The summed E-state index contributed by atoms with van der Waals surface area (Å²) in [6.45, 7) is 4.15. The van der Waals surface area contributed by atoms with E-state index in [-0.39, 0.29) is 11.1 Å². The number of carbonyl (C=O) groups excluding carboxylic acids is 1. The predicted octanol–water partition coefficient (Wildman–Crippen LogP) is 3.05. The van der Waals surface area contributed by atoms with Crippen molar-refractivity contribution in [3.63, 3.8) is 0 Å². The molecule has 1 amide bonds. The third kappa shape index (κ3) is 3.88. The molecule has 2 aromatic heterocycles. The Morgan fingerprint density at radius 2 is 2.04 bits per heavy atom. The summed E-state index contributed by atoms with van der Waals surface area (Å²) >= 11 is 0. The molecule has 0 aliphatic carbocycles. The molecule has 3 aromatic rings. The molecule has 7 heteroatoms. The van der Waals surface area contributed by atoms with Gasteiger partial charge in [-0.25, -0.2) is 4.39 Å². The molecule has 0 atom stereocenters. The number of nitrogens with one attached hydrogen (secondary N) is 1. The van der Waals surface area contributed by atoms with Gasteiger partial charge in [-0.15, -0.1) is 0 Å². The molecular formula is C20H20FN3O3. The van der Waals surface area contributed by atoms with Crippen molar-refractivity contribution in [2.45, 2.75) is 20.4 Å². The zero-order chi connectivity index (χ0) is 19.6. The van der Waals surface area contributed by atoms with Crippen molar-refractivity contribution in [3.8, 4) is 0 Å². The Morgan fingerprint density at radius 3 is 2.74 bits per heavy atom. The molecule has 3 rings (SSSR count). The highest BCUT2D eigenvalue weighted by Crippen LogP contribution is 2.18. The third-order valence-electron chi connectivity index (χ3n) is 4.36. The second-order valence-electron chi connectivity index (χ2n) is 6.28. The summed E-state index contributed by atoms with van der Waals surface area (Å²) < 4.78 is 20.2. The first-order valence-electron chi connectivity index (χ1n) is 8.48. The number of benzene rings is 1. The lowest BCUT2D eigenvalue weighted by Gasteiger charge is -2.11. The topological polar surface area (TPSA) is 73.2 Å². The Bertz CT molecular complexity index is 1080. The maximum Gasteiger partial charge on any atom is 0.260 e. The lowest BCUT2D eigenvalue weighted by atomic mass is 10.1. The highest BCUT2D eigenvalue weighted by molar-refractivity contribution is 6.06. The average Bonchev–Trinajstić information content (AvgIpc) is 2.64. The van der Waals surface area contributed by atoms with E-state index in [1.54, 1.807) is 45.4 Å². The maximum absolute atomic E-state index is 13.7. The van der Waals surface area contributed by atoms with Gasteiger partial charge in [0.15, 0.2) is 0 Å². The normalized spacial score (nSPS) is 11.0. The monoisotopic (exact) mass is 369 g/mol. The van der Waals surface area contributed by atoms with Gasteiger partial charge in [0.25, 0.3) is 11.5 Å². The van der Waals surface area contributed by atoms with Crippen molar-refractivity contribution in [1.82, 2.24) is 9.55 Å². The standard InChI is InChI=1S/C20H20FN3O3/c1-12-4-5-14(10-17(12)21)23-19(25)15-11-16-18(22-13(15)2)6-7-24(20(16)26)8-9-27-3/h4-7,10-11H,8-9H2,1-3H3,(H,23,25). The SMILES string of the molecule is COCCn1ccc2nc(C)c(C(=O)Nc3ccc(C)c(F)c3)cc2c1=O. The van der Waals surface area contributed by atoms with E-state index in [1.807, 2.05) is 0 Å². The van der Waals surface area contributed by atoms with E-state index in [0.29, 0.717) is 41.0 Å². The average molecular weight is 369 g/mol. The number of aryl methyl sites for hydroxylation is 2. The number of nitrogens with zero attached hydrogens (tertiary/aromatic N) is 2. The van der Waals surface area contributed by atoms with E-state index in [1.165, 1.54) is 16.7 Å². The zero-order valence-corrected chi connectivity index (χ0v) is 15.4. The van der Waals surface area contributed by atoms with Gasteiger partial charge in [0.05, 0.1) is 28.8 Å². The molecule has 0 aliphatic rings. The first-order valence-corrected chi connectivity index (χ1v) is 8.48. The van der Waals surface area contributed by atoms with Gasteiger partial charge in [-0.3, -0.25) is 14.6 Å². The fraction of sp³-hybridized carbons (Fsp3) is 0.250. The highest BCUT2D eigenvalue weighted by atomic mass is 19.1. The number of methoxy groups -OCH3 is 1. The minimum atomic E-state index is -0.447. The number of hydrogen-bond acceptors (Lipinski definition) is 4. The number of aromatic nitrogens is 2. The molecule has 0 aliphatic heterocycles. The van der Waals surface area contributed by atoms with Gasteiger partial charge in [0.2, 0.25) is 0 Å².